The molecule has 2 aliphatic rings. The highest BCUT2D eigenvalue weighted by atomic mass is 16.5. The van der Waals surface area contributed by atoms with Crippen LogP contribution in [0.1, 0.15) is 51.9 Å². The first-order chi connectivity index (χ1) is 10.2. The van der Waals surface area contributed by atoms with Crippen molar-refractivity contribution < 1.29 is 14.3 Å². The molecule has 1 aliphatic heterocycles. The van der Waals surface area contributed by atoms with Crippen LogP contribution in [0.5, 0.6) is 0 Å². The van der Waals surface area contributed by atoms with Gasteiger partial charge in [0.05, 0.1) is 6.61 Å². The average molecular weight is 296 g/mol. The van der Waals surface area contributed by atoms with Crippen LogP contribution in [0.2, 0.25) is 0 Å². The first-order valence-corrected chi connectivity index (χ1v) is 8.39. The Labute approximate surface area is 127 Å². The van der Waals surface area contributed by atoms with Crippen LogP contribution in [0.25, 0.3) is 0 Å². The Bertz CT molecular complexity index is 351. The number of hydrogen-bond acceptors (Lipinski definition) is 4. The Morgan fingerprint density at radius 2 is 1.90 bits per heavy atom. The van der Waals surface area contributed by atoms with Crippen molar-refractivity contribution in [3.05, 3.63) is 0 Å². The average Bonchev–Trinajstić information content (AvgIpc) is 2.76. The summed E-state index contributed by atoms with van der Waals surface area (Å²) in [7, 11) is 0. The normalized spacial score (nSPS) is 24.4. The number of esters is 1. The minimum absolute atomic E-state index is 0.126. The number of nitrogens with zero attached hydrogens (tertiary/aromatic N) is 1. The van der Waals surface area contributed by atoms with Gasteiger partial charge in [0.1, 0.15) is 6.04 Å². The quantitative estimate of drug-likeness (QED) is 0.634. The van der Waals surface area contributed by atoms with Gasteiger partial charge in [0.15, 0.2) is 0 Å². The molecule has 120 valence electrons. The van der Waals surface area contributed by atoms with E-state index in [0.717, 1.165) is 19.4 Å². The predicted molar refractivity (Wildman–Crippen MR) is 80.8 cm³/mol. The summed E-state index contributed by atoms with van der Waals surface area (Å²) < 4.78 is 5.10. The molecular weight excluding hydrogens is 268 g/mol. The summed E-state index contributed by atoms with van der Waals surface area (Å²) in [4.78, 5) is 26.3. The highest BCUT2D eigenvalue weighted by Gasteiger charge is 2.33. The lowest BCUT2D eigenvalue weighted by Crippen LogP contribution is -2.57. The third kappa shape index (κ3) is 4.70. The number of piperazine rings is 1. The van der Waals surface area contributed by atoms with Gasteiger partial charge in [-0.05, 0) is 25.7 Å². The molecule has 1 unspecified atom stereocenters. The first-order valence-electron chi connectivity index (χ1n) is 8.39. The predicted octanol–water partition coefficient (Wildman–Crippen LogP) is 1.71. The summed E-state index contributed by atoms with van der Waals surface area (Å²) in [5.74, 6) is 0.345. The van der Waals surface area contributed by atoms with E-state index in [-0.39, 0.29) is 11.9 Å². The zero-order chi connectivity index (χ0) is 15.1. The number of carbonyl (C=O) groups is 2. The van der Waals surface area contributed by atoms with Crippen LogP contribution < -0.4 is 5.32 Å². The molecule has 1 atom stereocenters. The maximum atomic E-state index is 12.6. The van der Waals surface area contributed by atoms with E-state index in [0.29, 0.717) is 32.0 Å². The zero-order valence-corrected chi connectivity index (χ0v) is 13.1. The Morgan fingerprint density at radius 1 is 1.19 bits per heavy atom. The molecule has 0 aromatic heterocycles. The Morgan fingerprint density at radius 3 is 2.57 bits per heavy atom. The van der Waals surface area contributed by atoms with Gasteiger partial charge >= 0.3 is 5.97 Å². The van der Waals surface area contributed by atoms with Gasteiger partial charge in [-0.3, -0.25) is 4.79 Å². The van der Waals surface area contributed by atoms with Crippen molar-refractivity contribution >= 4 is 11.9 Å². The molecule has 0 aromatic rings. The first kappa shape index (κ1) is 16.3. The fraction of sp³-hybridized carbons (Fsp3) is 0.875. The highest BCUT2D eigenvalue weighted by molar-refractivity contribution is 5.85. The molecule has 5 nitrogen and oxygen atoms in total. The molecule has 1 saturated heterocycles. The second kappa shape index (κ2) is 8.37. The van der Waals surface area contributed by atoms with E-state index < -0.39 is 6.04 Å². The SMILES string of the molecule is CCOC(=O)C1CNCCN1C(=O)CC1CCCCCC1. The van der Waals surface area contributed by atoms with Gasteiger partial charge in [0.2, 0.25) is 5.91 Å². The van der Waals surface area contributed by atoms with E-state index >= 15 is 0 Å². The van der Waals surface area contributed by atoms with E-state index in [4.69, 9.17) is 4.74 Å². The maximum absolute atomic E-state index is 12.6. The molecule has 1 N–H and O–H groups in total. The Balaban J connectivity index is 1.92. The van der Waals surface area contributed by atoms with Crippen LogP contribution in [-0.2, 0) is 14.3 Å². The van der Waals surface area contributed by atoms with Gasteiger partial charge in [-0.2, -0.15) is 0 Å². The van der Waals surface area contributed by atoms with Crippen LogP contribution in [0.4, 0.5) is 0 Å². The molecular formula is C16H28N2O3. The molecule has 2 rings (SSSR count). The lowest BCUT2D eigenvalue weighted by molar-refractivity contribution is -0.156. The second-order valence-electron chi connectivity index (χ2n) is 6.12. The number of nitrogens with one attached hydrogen (secondary N) is 1. The van der Waals surface area contributed by atoms with Crippen molar-refractivity contribution in [2.75, 3.05) is 26.2 Å². The summed E-state index contributed by atoms with van der Waals surface area (Å²) in [5.41, 5.74) is 0. The molecule has 0 aromatic carbocycles. The monoisotopic (exact) mass is 296 g/mol. The molecule has 21 heavy (non-hydrogen) atoms. The van der Waals surface area contributed by atoms with Crippen LogP contribution in [0.15, 0.2) is 0 Å². The topological polar surface area (TPSA) is 58.6 Å². The van der Waals surface area contributed by atoms with E-state index in [1.165, 1.54) is 25.7 Å². The van der Waals surface area contributed by atoms with Crippen molar-refractivity contribution in [1.29, 1.82) is 0 Å². The molecule has 0 bridgehead atoms. The fourth-order valence-corrected chi connectivity index (χ4v) is 3.38. The summed E-state index contributed by atoms with van der Waals surface area (Å²) in [6.45, 7) is 4.03. The summed E-state index contributed by atoms with van der Waals surface area (Å²) in [5, 5.41) is 3.18. The number of carbonyl (C=O) groups excluding carboxylic acids is 2. The highest BCUT2D eigenvalue weighted by Crippen LogP contribution is 2.26. The zero-order valence-electron chi connectivity index (χ0n) is 13.1. The molecule has 1 amide bonds. The standard InChI is InChI=1S/C16H28N2O3/c1-2-21-16(20)14-12-17-9-10-18(14)15(19)11-13-7-5-3-4-6-8-13/h13-14,17H,2-12H2,1H3. The summed E-state index contributed by atoms with van der Waals surface area (Å²) >= 11 is 0. The van der Waals surface area contributed by atoms with Crippen LogP contribution >= 0.6 is 0 Å². The minimum Gasteiger partial charge on any atom is -0.464 e. The smallest absolute Gasteiger partial charge is 0.330 e. The van der Waals surface area contributed by atoms with Crippen molar-refractivity contribution in [3.8, 4) is 0 Å². The Hall–Kier alpha value is -1.10. The van der Waals surface area contributed by atoms with Gasteiger partial charge in [0, 0.05) is 26.1 Å². The molecule has 1 saturated carbocycles. The van der Waals surface area contributed by atoms with Crippen LogP contribution in [-0.4, -0.2) is 49.1 Å². The van der Waals surface area contributed by atoms with Crippen LogP contribution in [0, 0.1) is 5.92 Å². The van der Waals surface area contributed by atoms with Gasteiger partial charge in [0.25, 0.3) is 0 Å². The molecule has 1 heterocycles. The minimum atomic E-state index is -0.447. The van der Waals surface area contributed by atoms with E-state index in [2.05, 4.69) is 5.32 Å². The lowest BCUT2D eigenvalue weighted by Gasteiger charge is -2.35. The molecule has 0 radical (unpaired) electrons. The van der Waals surface area contributed by atoms with E-state index in [1.807, 2.05) is 0 Å². The third-order valence-electron chi connectivity index (χ3n) is 4.56. The third-order valence-corrected chi connectivity index (χ3v) is 4.56. The number of amides is 1. The second-order valence-corrected chi connectivity index (χ2v) is 6.12. The maximum Gasteiger partial charge on any atom is 0.330 e. The van der Waals surface area contributed by atoms with E-state index in [1.54, 1.807) is 11.8 Å². The van der Waals surface area contributed by atoms with Gasteiger partial charge in [-0.25, -0.2) is 4.79 Å². The number of hydrogen-bond donors (Lipinski definition) is 1. The van der Waals surface area contributed by atoms with E-state index in [9.17, 15) is 9.59 Å². The summed E-state index contributed by atoms with van der Waals surface area (Å²) in [6.07, 6.45) is 7.97. The Kier molecular flexibility index (Phi) is 6.49. The fourth-order valence-electron chi connectivity index (χ4n) is 3.38. The van der Waals surface area contributed by atoms with Crippen molar-refractivity contribution in [3.63, 3.8) is 0 Å². The lowest BCUT2D eigenvalue weighted by atomic mass is 9.95. The molecule has 1 aliphatic carbocycles. The van der Waals surface area contributed by atoms with Crippen molar-refractivity contribution in [2.24, 2.45) is 5.92 Å². The van der Waals surface area contributed by atoms with Gasteiger partial charge < -0.3 is 15.0 Å². The number of rotatable bonds is 4. The van der Waals surface area contributed by atoms with Gasteiger partial charge in [-0.15, -0.1) is 0 Å². The molecule has 2 fully saturated rings. The summed E-state index contributed by atoms with van der Waals surface area (Å²) in [6, 6.07) is -0.447. The van der Waals surface area contributed by atoms with Crippen molar-refractivity contribution in [1.82, 2.24) is 10.2 Å². The molecule has 5 heteroatoms. The van der Waals surface area contributed by atoms with Gasteiger partial charge in [-0.1, -0.05) is 25.7 Å². The van der Waals surface area contributed by atoms with Crippen molar-refractivity contribution in [2.45, 2.75) is 57.9 Å². The van der Waals surface area contributed by atoms with Crippen LogP contribution in [0.3, 0.4) is 0 Å². The molecule has 0 spiro atoms. The number of ether oxygens (including phenoxy) is 1. The largest absolute Gasteiger partial charge is 0.464 e.